The molecule has 1 aliphatic carbocycles. The Labute approximate surface area is 244 Å². The Morgan fingerprint density at radius 2 is 1.21 bits per heavy atom. The number of ether oxygens (including phenoxy) is 1. The maximum Gasteiger partial charge on any atom is 0.163 e. The Kier molecular flexibility index (Phi) is 5.78. The van der Waals surface area contributed by atoms with Crippen LogP contribution >= 0.6 is 0 Å². The molecule has 4 heteroatoms. The largest absolute Gasteiger partial charge is 0.484 e. The smallest absolute Gasteiger partial charge is 0.163 e. The van der Waals surface area contributed by atoms with Crippen LogP contribution in [0.5, 0.6) is 5.75 Å². The van der Waals surface area contributed by atoms with Gasteiger partial charge in [-0.25, -0.2) is 15.0 Å². The molecule has 0 saturated carbocycles. The highest BCUT2D eigenvalue weighted by Crippen LogP contribution is 2.50. The van der Waals surface area contributed by atoms with E-state index in [1.165, 1.54) is 27.7 Å². The number of hydrogen-bond acceptors (Lipinski definition) is 4. The van der Waals surface area contributed by atoms with Crippen molar-refractivity contribution in [2.24, 2.45) is 0 Å². The van der Waals surface area contributed by atoms with Crippen molar-refractivity contribution in [3.8, 4) is 28.3 Å². The van der Waals surface area contributed by atoms with Crippen LogP contribution in [0.1, 0.15) is 28.7 Å². The van der Waals surface area contributed by atoms with E-state index in [0.717, 1.165) is 33.7 Å². The molecular formula is C38H27N3O. The summed E-state index contributed by atoms with van der Waals surface area (Å²) in [5, 5.41) is 2.36. The van der Waals surface area contributed by atoms with E-state index in [-0.39, 0.29) is 12.0 Å². The van der Waals surface area contributed by atoms with Crippen molar-refractivity contribution in [1.29, 1.82) is 0 Å². The molecule has 0 radical (unpaired) electrons. The van der Waals surface area contributed by atoms with Crippen molar-refractivity contribution in [2.75, 3.05) is 0 Å². The Morgan fingerprint density at radius 3 is 1.95 bits per heavy atom. The van der Waals surface area contributed by atoms with Crippen molar-refractivity contribution in [2.45, 2.75) is 18.9 Å². The molecule has 4 nitrogen and oxygen atoms in total. The fourth-order valence-corrected chi connectivity index (χ4v) is 6.13. The van der Waals surface area contributed by atoms with Crippen molar-refractivity contribution in [3.05, 3.63) is 156 Å². The summed E-state index contributed by atoms with van der Waals surface area (Å²) in [5.74, 6) is 2.83. The van der Waals surface area contributed by atoms with Gasteiger partial charge in [0, 0.05) is 16.7 Å². The maximum atomic E-state index is 6.81. The number of hydrogen-bond donors (Lipinski definition) is 0. The summed E-state index contributed by atoms with van der Waals surface area (Å²) < 4.78 is 6.81. The molecule has 2 unspecified atom stereocenters. The van der Waals surface area contributed by atoms with E-state index < -0.39 is 0 Å². The lowest BCUT2D eigenvalue weighted by atomic mass is 9.81. The molecule has 0 fully saturated rings. The molecule has 6 aromatic rings. The van der Waals surface area contributed by atoms with Gasteiger partial charge in [0.05, 0.1) is 5.92 Å². The second-order valence-electron chi connectivity index (χ2n) is 10.8. The quantitative estimate of drug-likeness (QED) is 0.224. The van der Waals surface area contributed by atoms with Gasteiger partial charge in [0.25, 0.3) is 0 Å². The van der Waals surface area contributed by atoms with Gasteiger partial charge >= 0.3 is 0 Å². The first kappa shape index (κ1) is 24.4. The highest BCUT2D eigenvalue weighted by atomic mass is 16.5. The monoisotopic (exact) mass is 541 g/mol. The molecule has 0 bridgehead atoms. The molecule has 200 valence electrons. The minimum Gasteiger partial charge on any atom is -0.484 e. The first-order valence-corrected chi connectivity index (χ1v) is 14.3. The minimum atomic E-state index is -0.254. The van der Waals surface area contributed by atoms with Crippen LogP contribution in [0.15, 0.2) is 133 Å². The van der Waals surface area contributed by atoms with E-state index >= 15 is 0 Å². The van der Waals surface area contributed by atoms with Crippen LogP contribution in [-0.2, 0) is 0 Å². The second-order valence-corrected chi connectivity index (χ2v) is 10.8. The predicted molar refractivity (Wildman–Crippen MR) is 169 cm³/mol. The second kappa shape index (κ2) is 9.93. The van der Waals surface area contributed by atoms with Crippen molar-refractivity contribution >= 4 is 21.9 Å². The van der Waals surface area contributed by atoms with Crippen LogP contribution in [-0.4, -0.2) is 21.1 Å². The summed E-state index contributed by atoms with van der Waals surface area (Å²) in [6.45, 7) is 1.93. The molecule has 0 amide bonds. The first-order valence-electron chi connectivity index (χ1n) is 14.3. The average molecular weight is 542 g/mol. The van der Waals surface area contributed by atoms with Gasteiger partial charge in [0.2, 0.25) is 0 Å². The van der Waals surface area contributed by atoms with E-state index in [4.69, 9.17) is 14.7 Å². The summed E-state index contributed by atoms with van der Waals surface area (Å²) in [6.07, 6.45) is 4.17. The van der Waals surface area contributed by atoms with E-state index in [1.807, 2.05) is 43.3 Å². The third-order valence-corrected chi connectivity index (χ3v) is 8.16. The number of fused-ring (bicyclic) bond motifs is 4. The molecule has 8 rings (SSSR count). The maximum absolute atomic E-state index is 6.81. The zero-order chi connectivity index (χ0) is 28.0. The molecular weight excluding hydrogens is 514 g/mol. The van der Waals surface area contributed by atoms with Gasteiger partial charge in [-0.05, 0) is 52.1 Å². The van der Waals surface area contributed by atoms with Gasteiger partial charge in [0.15, 0.2) is 5.82 Å². The molecule has 0 saturated heterocycles. The summed E-state index contributed by atoms with van der Waals surface area (Å²) >= 11 is 0. The molecule has 1 aromatic heterocycles. The van der Waals surface area contributed by atoms with Crippen LogP contribution in [0.4, 0.5) is 0 Å². The third kappa shape index (κ3) is 4.20. The lowest BCUT2D eigenvalue weighted by molar-refractivity contribution is 0.255. The van der Waals surface area contributed by atoms with E-state index in [0.29, 0.717) is 11.6 Å². The summed E-state index contributed by atoms with van der Waals surface area (Å²) in [6, 6.07) is 42.3. The van der Waals surface area contributed by atoms with Gasteiger partial charge in [-0.3, -0.25) is 0 Å². The number of aryl methyl sites for hydroxylation is 1. The van der Waals surface area contributed by atoms with Crippen molar-refractivity contribution < 1.29 is 4.74 Å². The lowest BCUT2D eigenvalue weighted by Crippen LogP contribution is -2.26. The zero-order valence-corrected chi connectivity index (χ0v) is 23.1. The number of aromatic nitrogens is 3. The molecule has 0 spiro atoms. The molecule has 2 atom stereocenters. The molecule has 42 heavy (non-hydrogen) atoms. The molecule has 0 N–H and O–H groups in total. The Morgan fingerprint density at radius 1 is 0.595 bits per heavy atom. The van der Waals surface area contributed by atoms with Crippen LogP contribution in [0.25, 0.3) is 44.4 Å². The summed E-state index contributed by atoms with van der Waals surface area (Å²) in [4.78, 5) is 14.5. The number of allylic oxidation sites excluding steroid dienone is 2. The average Bonchev–Trinajstić information content (AvgIpc) is 3.42. The standard InChI is InChI=1S/C38H27N3O/c1-24-39-37(28-12-6-3-7-13-28)41-38(40-24)32-21-20-31(27-18-16-26(17-19-27)25-10-4-2-5-11-25)35-33-22-29-14-8-9-15-30(29)23-34(33)42-36(32)35/h2-23,32,36H,1H3. The van der Waals surface area contributed by atoms with Gasteiger partial charge < -0.3 is 4.74 Å². The number of nitrogens with zero attached hydrogens (tertiary/aromatic N) is 3. The third-order valence-electron chi connectivity index (χ3n) is 8.16. The Hall–Kier alpha value is -5.35. The first-order chi connectivity index (χ1) is 20.7. The normalized spacial score (nSPS) is 17.2. The van der Waals surface area contributed by atoms with E-state index in [9.17, 15) is 0 Å². The van der Waals surface area contributed by atoms with Gasteiger partial charge in [-0.15, -0.1) is 0 Å². The minimum absolute atomic E-state index is 0.160. The zero-order valence-electron chi connectivity index (χ0n) is 23.1. The van der Waals surface area contributed by atoms with Crippen molar-refractivity contribution in [1.82, 2.24) is 15.0 Å². The summed E-state index contributed by atoms with van der Waals surface area (Å²) in [5.41, 5.74) is 8.01. The van der Waals surface area contributed by atoms with E-state index in [2.05, 4.69) is 102 Å². The number of rotatable bonds is 4. The van der Waals surface area contributed by atoms with Crippen LogP contribution in [0.3, 0.4) is 0 Å². The van der Waals surface area contributed by atoms with Gasteiger partial charge in [-0.2, -0.15) is 0 Å². The van der Waals surface area contributed by atoms with Crippen LogP contribution in [0, 0.1) is 6.92 Å². The Balaban J connectivity index is 1.27. The van der Waals surface area contributed by atoms with Gasteiger partial charge in [-0.1, -0.05) is 121 Å². The van der Waals surface area contributed by atoms with Gasteiger partial charge in [0.1, 0.15) is 23.5 Å². The predicted octanol–water partition coefficient (Wildman–Crippen LogP) is 8.69. The van der Waals surface area contributed by atoms with Crippen molar-refractivity contribution in [3.63, 3.8) is 0 Å². The Bertz CT molecular complexity index is 2010. The molecule has 2 heterocycles. The number of benzene rings is 5. The van der Waals surface area contributed by atoms with Crippen LogP contribution < -0.4 is 4.74 Å². The molecule has 5 aromatic carbocycles. The lowest BCUT2D eigenvalue weighted by Gasteiger charge is -2.26. The highest BCUT2D eigenvalue weighted by molar-refractivity contribution is 6.04. The SMILES string of the molecule is Cc1nc(-c2ccccc2)nc(C2C=CC(c3ccc(-c4ccccc4)cc3)=C3c4cc5ccccc5cc4OC32)n1. The van der Waals surface area contributed by atoms with Crippen LogP contribution in [0.2, 0.25) is 0 Å². The molecule has 1 aliphatic heterocycles. The summed E-state index contributed by atoms with van der Waals surface area (Å²) in [7, 11) is 0. The highest BCUT2D eigenvalue weighted by Gasteiger charge is 2.40. The fourth-order valence-electron chi connectivity index (χ4n) is 6.13. The topological polar surface area (TPSA) is 47.9 Å². The fraction of sp³-hybridized carbons (Fsp3) is 0.0789. The molecule has 2 aliphatic rings. The van der Waals surface area contributed by atoms with E-state index in [1.54, 1.807) is 0 Å².